The van der Waals surface area contributed by atoms with Gasteiger partial charge in [0.1, 0.15) is 0 Å². The van der Waals surface area contributed by atoms with Gasteiger partial charge in [-0.1, -0.05) is 29.8 Å². The molecule has 3 heteroatoms. The van der Waals surface area contributed by atoms with Crippen molar-refractivity contribution in [2.45, 2.75) is 31.5 Å². The van der Waals surface area contributed by atoms with Crippen LogP contribution in [-0.4, -0.2) is 29.2 Å². The summed E-state index contributed by atoms with van der Waals surface area (Å²) in [4.78, 5) is 14.0. The van der Waals surface area contributed by atoms with Crippen LogP contribution in [0.4, 0.5) is 0 Å². The van der Waals surface area contributed by atoms with Crippen LogP contribution in [-0.2, 0) is 4.79 Å². The average molecular weight is 248 g/mol. The van der Waals surface area contributed by atoms with Gasteiger partial charge in [-0.2, -0.15) is 0 Å². The highest BCUT2D eigenvalue weighted by Gasteiger charge is 2.40. The van der Waals surface area contributed by atoms with Gasteiger partial charge in [-0.15, -0.1) is 0 Å². The first kappa shape index (κ1) is 11.0. The van der Waals surface area contributed by atoms with Gasteiger partial charge in [0.25, 0.3) is 0 Å². The highest BCUT2D eigenvalue weighted by molar-refractivity contribution is 9.09. The number of nitrogens with zero attached hydrogens (tertiary/aromatic N) is 1. The van der Waals surface area contributed by atoms with E-state index in [9.17, 15) is 4.79 Å². The van der Waals surface area contributed by atoms with Gasteiger partial charge in [0.15, 0.2) is 0 Å². The van der Waals surface area contributed by atoms with E-state index >= 15 is 0 Å². The average Bonchev–Trinajstić information content (AvgIpc) is 2.77. The number of hydrogen-bond donors (Lipinski definition) is 0. The maximum absolute atomic E-state index is 11.6. The molecule has 1 aliphatic carbocycles. The maximum atomic E-state index is 11.6. The summed E-state index contributed by atoms with van der Waals surface area (Å²) in [5.74, 6) is 1.28. The molecule has 0 aromatic rings. The van der Waals surface area contributed by atoms with Crippen LogP contribution < -0.4 is 0 Å². The molecular weight excluding hydrogens is 230 g/mol. The van der Waals surface area contributed by atoms with Gasteiger partial charge in [0.2, 0.25) is 5.91 Å². The molecule has 13 heavy (non-hydrogen) atoms. The number of rotatable bonds is 4. The summed E-state index contributed by atoms with van der Waals surface area (Å²) in [5, 5.41) is 0. The molecule has 3 unspecified atom stereocenters. The zero-order valence-electron chi connectivity index (χ0n) is 8.59. The Labute approximate surface area is 88.8 Å². The lowest BCUT2D eigenvalue weighted by molar-refractivity contribution is -0.131. The molecule has 0 bridgehead atoms. The Morgan fingerprint density at radius 1 is 1.69 bits per heavy atom. The standard InChI is InChI=1S/C10H18BrNO/c1-7-6-9(7)10(13)12(3)5-4-8(2)11/h7-9H,4-6H2,1-3H3. The SMILES string of the molecule is CC(Br)CCN(C)C(=O)C1CC1C. The van der Waals surface area contributed by atoms with E-state index in [0.717, 1.165) is 19.4 Å². The van der Waals surface area contributed by atoms with Gasteiger partial charge in [-0.05, 0) is 18.8 Å². The Morgan fingerprint density at radius 2 is 2.23 bits per heavy atom. The molecular formula is C10H18BrNO. The molecule has 0 saturated heterocycles. The summed E-state index contributed by atoms with van der Waals surface area (Å²) in [6.07, 6.45) is 2.12. The van der Waals surface area contributed by atoms with Crippen LogP contribution >= 0.6 is 15.9 Å². The van der Waals surface area contributed by atoms with E-state index in [1.807, 2.05) is 11.9 Å². The fourth-order valence-corrected chi connectivity index (χ4v) is 1.64. The van der Waals surface area contributed by atoms with Gasteiger partial charge in [-0.25, -0.2) is 0 Å². The van der Waals surface area contributed by atoms with Gasteiger partial charge in [-0.3, -0.25) is 4.79 Å². The normalized spacial score (nSPS) is 28.3. The number of alkyl halides is 1. The van der Waals surface area contributed by atoms with E-state index in [4.69, 9.17) is 0 Å². The van der Waals surface area contributed by atoms with Crippen molar-refractivity contribution in [3.05, 3.63) is 0 Å². The molecule has 0 radical (unpaired) electrons. The number of carbonyl (C=O) groups excluding carboxylic acids is 1. The van der Waals surface area contributed by atoms with E-state index in [1.54, 1.807) is 0 Å². The van der Waals surface area contributed by atoms with E-state index < -0.39 is 0 Å². The summed E-state index contributed by atoms with van der Waals surface area (Å²) in [6, 6.07) is 0. The molecule has 1 aliphatic rings. The highest BCUT2D eigenvalue weighted by Crippen LogP contribution is 2.38. The van der Waals surface area contributed by atoms with E-state index in [0.29, 0.717) is 22.6 Å². The van der Waals surface area contributed by atoms with Crippen molar-refractivity contribution in [1.82, 2.24) is 4.90 Å². The molecule has 0 aliphatic heterocycles. The van der Waals surface area contributed by atoms with E-state index in [2.05, 4.69) is 29.8 Å². The molecule has 0 aromatic heterocycles. The summed E-state index contributed by atoms with van der Waals surface area (Å²) in [7, 11) is 1.91. The zero-order valence-corrected chi connectivity index (χ0v) is 10.2. The van der Waals surface area contributed by atoms with Crippen molar-refractivity contribution in [3.63, 3.8) is 0 Å². The van der Waals surface area contributed by atoms with Crippen molar-refractivity contribution in [2.75, 3.05) is 13.6 Å². The first-order valence-electron chi connectivity index (χ1n) is 4.91. The number of carbonyl (C=O) groups is 1. The molecule has 1 rings (SSSR count). The Hall–Kier alpha value is -0.0500. The molecule has 2 nitrogen and oxygen atoms in total. The molecule has 0 aromatic carbocycles. The Kier molecular flexibility index (Phi) is 3.77. The molecule has 3 atom stereocenters. The maximum Gasteiger partial charge on any atom is 0.225 e. The lowest BCUT2D eigenvalue weighted by atomic mass is 10.2. The van der Waals surface area contributed by atoms with Crippen molar-refractivity contribution in [1.29, 1.82) is 0 Å². The van der Waals surface area contributed by atoms with Crippen LogP contribution in [0.3, 0.4) is 0 Å². The molecule has 0 N–H and O–H groups in total. The summed E-state index contributed by atoms with van der Waals surface area (Å²) in [6.45, 7) is 5.12. The zero-order chi connectivity index (χ0) is 10.0. The first-order valence-corrected chi connectivity index (χ1v) is 5.83. The minimum Gasteiger partial charge on any atom is -0.345 e. The van der Waals surface area contributed by atoms with Crippen LogP contribution in [0.15, 0.2) is 0 Å². The number of hydrogen-bond acceptors (Lipinski definition) is 1. The second-order valence-electron chi connectivity index (χ2n) is 4.15. The van der Waals surface area contributed by atoms with Crippen molar-refractivity contribution < 1.29 is 4.79 Å². The van der Waals surface area contributed by atoms with E-state index in [1.165, 1.54) is 0 Å². The molecule has 76 valence electrons. The Morgan fingerprint density at radius 3 is 2.62 bits per heavy atom. The van der Waals surface area contributed by atoms with Crippen LogP contribution in [0, 0.1) is 11.8 Å². The van der Waals surface area contributed by atoms with Gasteiger partial charge in [0.05, 0.1) is 0 Å². The number of halogens is 1. The smallest absolute Gasteiger partial charge is 0.225 e. The third kappa shape index (κ3) is 3.29. The lowest BCUT2D eigenvalue weighted by Crippen LogP contribution is -2.30. The quantitative estimate of drug-likeness (QED) is 0.699. The van der Waals surface area contributed by atoms with Crippen LogP contribution in [0.5, 0.6) is 0 Å². The Bertz CT molecular complexity index is 193. The highest BCUT2D eigenvalue weighted by atomic mass is 79.9. The largest absolute Gasteiger partial charge is 0.345 e. The van der Waals surface area contributed by atoms with Gasteiger partial charge >= 0.3 is 0 Å². The summed E-state index contributed by atoms with van der Waals surface area (Å²) >= 11 is 3.48. The molecule has 0 spiro atoms. The van der Waals surface area contributed by atoms with Gasteiger partial charge in [0, 0.05) is 24.3 Å². The first-order chi connectivity index (χ1) is 6.02. The predicted octanol–water partition coefficient (Wildman–Crippen LogP) is 2.27. The monoisotopic (exact) mass is 247 g/mol. The second kappa shape index (κ2) is 4.45. The molecule has 1 fully saturated rings. The van der Waals surface area contributed by atoms with Crippen molar-refractivity contribution >= 4 is 21.8 Å². The Balaban J connectivity index is 2.23. The lowest BCUT2D eigenvalue weighted by Gasteiger charge is -2.17. The summed E-state index contributed by atoms with van der Waals surface area (Å²) in [5.41, 5.74) is 0. The van der Waals surface area contributed by atoms with Crippen molar-refractivity contribution in [2.24, 2.45) is 11.8 Å². The third-order valence-corrected chi connectivity index (χ3v) is 3.12. The number of amides is 1. The van der Waals surface area contributed by atoms with Crippen LogP contribution in [0.25, 0.3) is 0 Å². The molecule has 0 heterocycles. The molecule has 1 amide bonds. The van der Waals surface area contributed by atoms with Gasteiger partial charge < -0.3 is 4.90 Å². The van der Waals surface area contributed by atoms with Crippen LogP contribution in [0.2, 0.25) is 0 Å². The van der Waals surface area contributed by atoms with Crippen molar-refractivity contribution in [3.8, 4) is 0 Å². The van der Waals surface area contributed by atoms with Crippen LogP contribution in [0.1, 0.15) is 26.7 Å². The minimum absolute atomic E-state index is 0.329. The topological polar surface area (TPSA) is 20.3 Å². The fraction of sp³-hybridized carbons (Fsp3) is 0.900. The minimum atomic E-state index is 0.329. The molecule has 1 saturated carbocycles. The third-order valence-electron chi connectivity index (χ3n) is 2.67. The second-order valence-corrected chi connectivity index (χ2v) is 5.71. The fourth-order valence-electron chi connectivity index (χ4n) is 1.43. The predicted molar refractivity (Wildman–Crippen MR) is 57.9 cm³/mol. The summed E-state index contributed by atoms with van der Waals surface area (Å²) < 4.78 is 0. The van der Waals surface area contributed by atoms with E-state index in [-0.39, 0.29) is 0 Å².